The summed E-state index contributed by atoms with van der Waals surface area (Å²) in [7, 11) is 0. The summed E-state index contributed by atoms with van der Waals surface area (Å²) in [6.45, 7) is 3.20. The Kier molecular flexibility index (Phi) is 2.99. The van der Waals surface area contributed by atoms with E-state index in [0.29, 0.717) is 0 Å². The molecule has 0 spiro atoms. The van der Waals surface area contributed by atoms with Crippen molar-refractivity contribution in [3.05, 3.63) is 24.3 Å². The van der Waals surface area contributed by atoms with E-state index in [4.69, 9.17) is 4.98 Å². The molecule has 4 heteroatoms. The first kappa shape index (κ1) is 12.3. The number of imidazole rings is 1. The van der Waals surface area contributed by atoms with Crippen LogP contribution in [0.2, 0.25) is 0 Å². The Balaban J connectivity index is 1.62. The Labute approximate surface area is 119 Å². The number of hydrogen-bond acceptors (Lipinski definition) is 3. The molecular formula is C16H22N4. The van der Waals surface area contributed by atoms with Gasteiger partial charge in [-0.2, -0.15) is 0 Å². The van der Waals surface area contributed by atoms with E-state index in [1.807, 2.05) is 12.4 Å². The molecular weight excluding hydrogens is 248 g/mol. The minimum absolute atomic E-state index is 0.764. The van der Waals surface area contributed by atoms with Crippen molar-refractivity contribution < 1.29 is 0 Å². The van der Waals surface area contributed by atoms with E-state index in [1.165, 1.54) is 37.0 Å². The molecule has 106 valence electrons. The van der Waals surface area contributed by atoms with Crippen molar-refractivity contribution in [1.29, 1.82) is 0 Å². The second kappa shape index (κ2) is 4.85. The van der Waals surface area contributed by atoms with E-state index < -0.39 is 0 Å². The summed E-state index contributed by atoms with van der Waals surface area (Å²) in [4.78, 5) is 9.02. The van der Waals surface area contributed by atoms with Gasteiger partial charge in [-0.15, -0.1) is 0 Å². The second-order valence-electron chi connectivity index (χ2n) is 6.32. The SMILES string of the molecule is CCn1c(CC2CC3CCC(C2)N3)nc2cnccc21. The zero-order chi connectivity index (χ0) is 13.5. The monoisotopic (exact) mass is 270 g/mol. The molecule has 4 heterocycles. The van der Waals surface area contributed by atoms with E-state index in [0.717, 1.165) is 36.5 Å². The summed E-state index contributed by atoms with van der Waals surface area (Å²) in [5, 5.41) is 3.72. The van der Waals surface area contributed by atoms with Gasteiger partial charge in [0, 0.05) is 31.2 Å². The van der Waals surface area contributed by atoms with Crippen LogP contribution in [0.15, 0.2) is 18.5 Å². The van der Waals surface area contributed by atoms with Crippen LogP contribution in [0.1, 0.15) is 38.4 Å². The largest absolute Gasteiger partial charge is 0.328 e. The van der Waals surface area contributed by atoms with Crippen molar-refractivity contribution in [1.82, 2.24) is 19.9 Å². The number of pyridine rings is 1. The predicted molar refractivity (Wildman–Crippen MR) is 79.6 cm³/mol. The molecule has 2 atom stereocenters. The third kappa shape index (κ3) is 2.03. The Morgan fingerprint density at radius 1 is 1.30 bits per heavy atom. The number of aryl methyl sites for hydroxylation is 1. The third-order valence-electron chi connectivity index (χ3n) is 4.99. The zero-order valence-corrected chi connectivity index (χ0v) is 12.0. The van der Waals surface area contributed by atoms with Crippen molar-refractivity contribution in [3.8, 4) is 0 Å². The summed E-state index contributed by atoms with van der Waals surface area (Å²) >= 11 is 0. The third-order valence-corrected chi connectivity index (χ3v) is 4.99. The molecule has 20 heavy (non-hydrogen) atoms. The number of nitrogens with one attached hydrogen (secondary N) is 1. The van der Waals surface area contributed by atoms with Crippen LogP contribution in [0, 0.1) is 5.92 Å². The number of nitrogens with zero attached hydrogens (tertiary/aromatic N) is 3. The smallest absolute Gasteiger partial charge is 0.110 e. The molecule has 0 saturated carbocycles. The maximum Gasteiger partial charge on any atom is 0.110 e. The highest BCUT2D eigenvalue weighted by molar-refractivity contribution is 5.74. The van der Waals surface area contributed by atoms with Crippen LogP contribution in [0.5, 0.6) is 0 Å². The summed E-state index contributed by atoms with van der Waals surface area (Å²) in [6, 6.07) is 3.61. The zero-order valence-electron chi connectivity index (χ0n) is 12.0. The lowest BCUT2D eigenvalue weighted by molar-refractivity contribution is 0.293. The summed E-state index contributed by atoms with van der Waals surface area (Å²) in [5.74, 6) is 2.05. The highest BCUT2D eigenvalue weighted by Gasteiger charge is 2.33. The lowest BCUT2D eigenvalue weighted by Crippen LogP contribution is -2.38. The fourth-order valence-corrected chi connectivity index (χ4v) is 4.14. The van der Waals surface area contributed by atoms with Gasteiger partial charge >= 0.3 is 0 Å². The molecule has 2 aliphatic heterocycles. The van der Waals surface area contributed by atoms with Gasteiger partial charge in [0.05, 0.1) is 11.7 Å². The van der Waals surface area contributed by atoms with E-state index in [1.54, 1.807) is 0 Å². The summed E-state index contributed by atoms with van der Waals surface area (Å²) in [6.07, 6.45) is 10.3. The van der Waals surface area contributed by atoms with E-state index >= 15 is 0 Å². The van der Waals surface area contributed by atoms with Crippen LogP contribution in [0.25, 0.3) is 11.0 Å². The van der Waals surface area contributed by atoms with Gasteiger partial charge in [0.15, 0.2) is 0 Å². The second-order valence-corrected chi connectivity index (χ2v) is 6.32. The van der Waals surface area contributed by atoms with E-state index in [-0.39, 0.29) is 0 Å². The molecule has 2 saturated heterocycles. The van der Waals surface area contributed by atoms with Gasteiger partial charge in [-0.25, -0.2) is 4.98 Å². The topological polar surface area (TPSA) is 42.7 Å². The summed E-state index contributed by atoms with van der Waals surface area (Å²) < 4.78 is 2.36. The Bertz CT molecular complexity index is 606. The number of piperidine rings is 1. The lowest BCUT2D eigenvalue weighted by Gasteiger charge is -2.28. The van der Waals surface area contributed by atoms with Crippen LogP contribution >= 0.6 is 0 Å². The fourth-order valence-electron chi connectivity index (χ4n) is 4.14. The van der Waals surface area contributed by atoms with Crippen molar-refractivity contribution >= 4 is 11.0 Å². The molecule has 2 bridgehead atoms. The Morgan fingerprint density at radius 3 is 2.85 bits per heavy atom. The average molecular weight is 270 g/mol. The van der Waals surface area contributed by atoms with Crippen LogP contribution < -0.4 is 5.32 Å². The molecule has 0 radical (unpaired) electrons. The van der Waals surface area contributed by atoms with Crippen LogP contribution in [0.3, 0.4) is 0 Å². The molecule has 4 rings (SSSR count). The Morgan fingerprint density at radius 2 is 2.10 bits per heavy atom. The quantitative estimate of drug-likeness (QED) is 0.932. The molecule has 2 aromatic rings. The highest BCUT2D eigenvalue weighted by Crippen LogP contribution is 2.33. The maximum atomic E-state index is 4.83. The molecule has 0 aromatic carbocycles. The van der Waals surface area contributed by atoms with Gasteiger partial charge < -0.3 is 9.88 Å². The number of hydrogen-bond donors (Lipinski definition) is 1. The van der Waals surface area contributed by atoms with Crippen LogP contribution in [0.4, 0.5) is 0 Å². The first-order valence-electron chi connectivity index (χ1n) is 7.88. The molecule has 2 unspecified atom stereocenters. The molecule has 0 aliphatic carbocycles. The van der Waals surface area contributed by atoms with Gasteiger partial charge in [0.2, 0.25) is 0 Å². The van der Waals surface area contributed by atoms with Gasteiger partial charge in [-0.05, 0) is 44.6 Å². The van der Waals surface area contributed by atoms with Crippen LogP contribution in [-0.2, 0) is 13.0 Å². The molecule has 4 nitrogen and oxygen atoms in total. The van der Waals surface area contributed by atoms with Gasteiger partial charge in [0.25, 0.3) is 0 Å². The fraction of sp³-hybridized carbons (Fsp3) is 0.625. The van der Waals surface area contributed by atoms with Crippen LogP contribution in [-0.4, -0.2) is 26.6 Å². The Hall–Kier alpha value is -1.42. The first-order valence-corrected chi connectivity index (χ1v) is 7.88. The van der Waals surface area contributed by atoms with Gasteiger partial charge in [-0.3, -0.25) is 4.98 Å². The normalized spacial score (nSPS) is 29.1. The highest BCUT2D eigenvalue weighted by atomic mass is 15.1. The molecule has 2 fully saturated rings. The number of aromatic nitrogens is 3. The van der Waals surface area contributed by atoms with Gasteiger partial charge in [0.1, 0.15) is 11.3 Å². The predicted octanol–water partition coefficient (Wildman–Crippen LogP) is 2.52. The van der Waals surface area contributed by atoms with E-state index in [9.17, 15) is 0 Å². The minimum Gasteiger partial charge on any atom is -0.328 e. The molecule has 2 aliphatic rings. The molecule has 0 amide bonds. The number of rotatable bonds is 3. The van der Waals surface area contributed by atoms with Gasteiger partial charge in [-0.1, -0.05) is 0 Å². The van der Waals surface area contributed by atoms with Crippen molar-refractivity contribution in [2.45, 2.75) is 57.7 Å². The van der Waals surface area contributed by atoms with E-state index in [2.05, 4.69) is 27.9 Å². The standard InChI is InChI=1S/C16H22N4/c1-2-20-15-5-6-17-10-14(15)19-16(20)9-11-7-12-3-4-13(8-11)18-12/h5-6,10-13,18H,2-4,7-9H2,1H3. The average Bonchev–Trinajstić information content (AvgIpc) is 2.98. The molecule has 2 aromatic heterocycles. The first-order chi connectivity index (χ1) is 9.83. The summed E-state index contributed by atoms with van der Waals surface area (Å²) in [5.41, 5.74) is 2.27. The van der Waals surface area contributed by atoms with Crippen molar-refractivity contribution in [3.63, 3.8) is 0 Å². The van der Waals surface area contributed by atoms with Crippen molar-refractivity contribution in [2.75, 3.05) is 0 Å². The molecule has 1 N–H and O–H groups in total. The maximum absolute atomic E-state index is 4.83. The minimum atomic E-state index is 0.764. The van der Waals surface area contributed by atoms with Crippen molar-refractivity contribution in [2.24, 2.45) is 5.92 Å². The number of fused-ring (bicyclic) bond motifs is 3. The lowest BCUT2D eigenvalue weighted by atomic mass is 9.89.